The molecule has 4 fully saturated rings. The molecule has 1 unspecified atom stereocenters. The molecule has 1 aromatic carbocycles. The molecule has 0 aromatic heterocycles. The normalized spacial score (nSPS) is 42.4. The minimum absolute atomic E-state index is 0.0415. The highest BCUT2D eigenvalue weighted by atomic mass is 16.7. The molecule has 0 bridgehead atoms. The number of aliphatic hydroxyl groups excluding tert-OH is 1. The number of fused-ring (bicyclic) bond motifs is 5. The molecule has 1 saturated heterocycles. The van der Waals surface area contributed by atoms with E-state index in [0.29, 0.717) is 18.3 Å². The van der Waals surface area contributed by atoms with Gasteiger partial charge in [0.15, 0.2) is 12.1 Å². The fraction of sp³-hybridized carbons (Fsp3) is 0.724. The number of aliphatic hydroxyl groups is 2. The van der Waals surface area contributed by atoms with E-state index < -0.39 is 17.7 Å². The molecule has 7 atom stereocenters. The minimum atomic E-state index is -0.917. The summed E-state index contributed by atoms with van der Waals surface area (Å²) in [4.78, 5) is 0. The lowest BCUT2D eigenvalue weighted by atomic mass is 9.50. The Bertz CT molecular complexity index is 1010. The second-order valence-corrected chi connectivity index (χ2v) is 12.0. The largest absolute Gasteiger partial charge is 0.385 e. The van der Waals surface area contributed by atoms with E-state index in [4.69, 9.17) is 18.9 Å². The van der Waals surface area contributed by atoms with Gasteiger partial charge in [0.05, 0.1) is 17.8 Å². The van der Waals surface area contributed by atoms with Crippen LogP contribution in [0, 0.1) is 17.3 Å². The van der Waals surface area contributed by atoms with Crippen molar-refractivity contribution in [2.45, 2.75) is 87.5 Å². The van der Waals surface area contributed by atoms with Crippen LogP contribution in [0.4, 0.5) is 0 Å². The van der Waals surface area contributed by atoms with E-state index in [1.807, 2.05) is 12.1 Å². The van der Waals surface area contributed by atoms with Crippen molar-refractivity contribution in [1.82, 2.24) is 0 Å². The van der Waals surface area contributed by atoms with Gasteiger partial charge in [-0.05, 0) is 61.5 Å². The molecule has 4 aliphatic carbocycles. The molecule has 6 heteroatoms. The van der Waals surface area contributed by atoms with Crippen LogP contribution in [0.1, 0.15) is 81.6 Å². The zero-order valence-corrected chi connectivity index (χ0v) is 21.5. The number of epoxide rings is 1. The second kappa shape index (κ2) is 8.11. The van der Waals surface area contributed by atoms with Crippen LogP contribution in [0.25, 0.3) is 0 Å². The summed E-state index contributed by atoms with van der Waals surface area (Å²) >= 11 is 0. The molecule has 3 saturated carbocycles. The van der Waals surface area contributed by atoms with Crippen molar-refractivity contribution in [2.24, 2.45) is 17.3 Å². The zero-order valence-electron chi connectivity index (χ0n) is 21.5. The molecular formula is C29H40O6. The summed E-state index contributed by atoms with van der Waals surface area (Å²) in [5, 5.41) is 22.2. The molecule has 2 N–H and O–H groups in total. The highest BCUT2D eigenvalue weighted by molar-refractivity contribution is 5.44. The third-order valence-electron chi connectivity index (χ3n) is 10.8. The van der Waals surface area contributed by atoms with E-state index in [1.165, 1.54) is 30.2 Å². The Morgan fingerprint density at radius 3 is 2.37 bits per heavy atom. The van der Waals surface area contributed by atoms with E-state index in [9.17, 15) is 10.2 Å². The van der Waals surface area contributed by atoms with Crippen molar-refractivity contribution in [3.8, 4) is 0 Å². The third kappa shape index (κ3) is 3.37. The van der Waals surface area contributed by atoms with Gasteiger partial charge in [-0.1, -0.05) is 36.8 Å². The molecule has 1 aliphatic heterocycles. The average Bonchev–Trinajstić information content (AvgIpc) is 3.62. The molecular weight excluding hydrogens is 444 g/mol. The first-order valence-electron chi connectivity index (χ1n) is 13.2. The Labute approximate surface area is 208 Å². The van der Waals surface area contributed by atoms with Crippen LogP contribution in [0.3, 0.4) is 0 Å². The first kappa shape index (κ1) is 24.1. The van der Waals surface area contributed by atoms with E-state index in [2.05, 4.69) is 19.1 Å². The Kier molecular flexibility index (Phi) is 5.58. The monoisotopic (exact) mass is 484 g/mol. The van der Waals surface area contributed by atoms with Gasteiger partial charge in [-0.3, -0.25) is 0 Å². The summed E-state index contributed by atoms with van der Waals surface area (Å²) in [6, 6.07) is 8.26. The summed E-state index contributed by atoms with van der Waals surface area (Å²) < 4.78 is 22.9. The number of ether oxygens (including phenoxy) is 4. The predicted molar refractivity (Wildman–Crippen MR) is 131 cm³/mol. The van der Waals surface area contributed by atoms with Gasteiger partial charge in [0.25, 0.3) is 0 Å². The third-order valence-corrected chi connectivity index (χ3v) is 10.8. The summed E-state index contributed by atoms with van der Waals surface area (Å²) in [7, 11) is 4.89. The molecule has 6 rings (SSSR count). The van der Waals surface area contributed by atoms with Gasteiger partial charge in [0.2, 0.25) is 0 Å². The number of methoxy groups -OCH3 is 3. The van der Waals surface area contributed by atoms with E-state index in [-0.39, 0.29) is 16.9 Å². The molecule has 1 heterocycles. The fourth-order valence-electron chi connectivity index (χ4n) is 8.67. The lowest BCUT2D eigenvalue weighted by molar-refractivity contribution is -0.246. The van der Waals surface area contributed by atoms with Crippen molar-refractivity contribution < 1.29 is 29.2 Å². The standard InChI is InChI=1S/C29H40O6/c1-26-15-21(18-5-7-19(8-6-18)25(30)32-2)24-20(22(26)10-13-28(26)17-35-28)9-12-27(31)16-29(33-3,34-4)14-11-23(24)27/h5-8,20-22,25,30-31H,9-17H2,1-4H3/t20-,21+,22-,25?,26-,27+,28+/m0/s1. The maximum atomic E-state index is 12.1. The lowest BCUT2D eigenvalue weighted by Gasteiger charge is -2.56. The SMILES string of the molecule is COC(O)c1ccc([C@H]2C[C@@]3(C)[C@@H](CC[C@@]34CO4)[C@@H]3CC[C@@]4(O)CC(OC)(OC)CCC4=C32)cc1. The van der Waals surface area contributed by atoms with Crippen molar-refractivity contribution in [3.05, 3.63) is 46.5 Å². The quantitative estimate of drug-likeness (QED) is 0.361. The van der Waals surface area contributed by atoms with Crippen molar-refractivity contribution >= 4 is 0 Å². The number of benzene rings is 1. The zero-order chi connectivity index (χ0) is 24.6. The maximum Gasteiger partial charge on any atom is 0.180 e. The first-order valence-corrected chi connectivity index (χ1v) is 13.2. The predicted octanol–water partition coefficient (Wildman–Crippen LogP) is 4.61. The Morgan fingerprint density at radius 2 is 1.74 bits per heavy atom. The Hall–Kier alpha value is -1.28. The van der Waals surface area contributed by atoms with Gasteiger partial charge in [-0.25, -0.2) is 0 Å². The Morgan fingerprint density at radius 1 is 1.03 bits per heavy atom. The van der Waals surface area contributed by atoms with Crippen molar-refractivity contribution in [1.29, 1.82) is 0 Å². The van der Waals surface area contributed by atoms with Gasteiger partial charge in [-0.2, -0.15) is 0 Å². The average molecular weight is 485 g/mol. The van der Waals surface area contributed by atoms with Crippen LogP contribution < -0.4 is 0 Å². The molecule has 1 aromatic rings. The van der Waals surface area contributed by atoms with Crippen molar-refractivity contribution in [3.63, 3.8) is 0 Å². The van der Waals surface area contributed by atoms with Crippen LogP contribution in [0.2, 0.25) is 0 Å². The molecule has 0 radical (unpaired) electrons. The number of hydrogen-bond donors (Lipinski definition) is 2. The summed E-state index contributed by atoms with van der Waals surface area (Å²) in [5.41, 5.74) is 4.02. The number of hydrogen-bond acceptors (Lipinski definition) is 6. The second-order valence-electron chi connectivity index (χ2n) is 12.0. The highest BCUT2D eigenvalue weighted by Crippen LogP contribution is 2.71. The highest BCUT2D eigenvalue weighted by Gasteiger charge is 2.70. The number of allylic oxidation sites excluding steroid dienone is 1. The molecule has 35 heavy (non-hydrogen) atoms. The summed E-state index contributed by atoms with van der Waals surface area (Å²) in [5.74, 6) is 0.578. The molecule has 1 spiro atoms. The van der Waals surface area contributed by atoms with Crippen LogP contribution in [0.5, 0.6) is 0 Å². The molecule has 192 valence electrons. The van der Waals surface area contributed by atoms with Gasteiger partial charge in [0, 0.05) is 51.1 Å². The summed E-state index contributed by atoms with van der Waals surface area (Å²) in [6.45, 7) is 3.36. The Balaban J connectivity index is 1.46. The van der Waals surface area contributed by atoms with Crippen LogP contribution in [-0.4, -0.2) is 55.1 Å². The van der Waals surface area contributed by atoms with E-state index in [1.54, 1.807) is 14.2 Å². The van der Waals surface area contributed by atoms with E-state index in [0.717, 1.165) is 50.7 Å². The van der Waals surface area contributed by atoms with Gasteiger partial charge in [-0.15, -0.1) is 0 Å². The molecule has 6 nitrogen and oxygen atoms in total. The minimum Gasteiger partial charge on any atom is -0.385 e. The van der Waals surface area contributed by atoms with Gasteiger partial charge in [0.1, 0.15) is 0 Å². The topological polar surface area (TPSA) is 80.7 Å². The lowest BCUT2D eigenvalue weighted by Crippen LogP contribution is -2.54. The van der Waals surface area contributed by atoms with Gasteiger partial charge >= 0.3 is 0 Å². The first-order chi connectivity index (χ1) is 16.7. The van der Waals surface area contributed by atoms with Crippen LogP contribution >= 0.6 is 0 Å². The smallest absolute Gasteiger partial charge is 0.180 e. The molecule has 0 amide bonds. The molecule has 5 aliphatic rings. The maximum absolute atomic E-state index is 12.1. The van der Waals surface area contributed by atoms with Crippen molar-refractivity contribution in [2.75, 3.05) is 27.9 Å². The number of rotatable bonds is 5. The van der Waals surface area contributed by atoms with Crippen LogP contribution in [-0.2, 0) is 18.9 Å². The summed E-state index contributed by atoms with van der Waals surface area (Å²) in [6.07, 6.45) is 6.28. The van der Waals surface area contributed by atoms with Gasteiger partial charge < -0.3 is 29.2 Å². The fourth-order valence-corrected chi connectivity index (χ4v) is 8.67. The van der Waals surface area contributed by atoms with Crippen LogP contribution in [0.15, 0.2) is 35.4 Å². The van der Waals surface area contributed by atoms with E-state index >= 15 is 0 Å².